The van der Waals surface area contributed by atoms with Gasteiger partial charge in [0, 0.05) is 23.4 Å². The molecule has 1 aliphatic carbocycles. The SMILES string of the molecule is CC[C@](C)(O)C[C@@H]1CCC(C)C1S(=O)(=O)c1cc(C(=O)Nc2cc(F)c(F)c(F)c2)ccc1Cl. The number of rotatable bonds is 7. The Morgan fingerprint density at radius 2 is 1.79 bits per heavy atom. The Hall–Kier alpha value is -2.10. The minimum Gasteiger partial charge on any atom is -0.390 e. The highest BCUT2D eigenvalue weighted by Gasteiger charge is 2.45. The molecule has 4 atom stereocenters. The highest BCUT2D eigenvalue weighted by molar-refractivity contribution is 7.92. The number of halogens is 4. The Kier molecular flexibility index (Phi) is 7.70. The van der Waals surface area contributed by atoms with Crippen LogP contribution in [0.15, 0.2) is 35.2 Å². The van der Waals surface area contributed by atoms with Crippen LogP contribution in [0.5, 0.6) is 0 Å². The third-order valence-electron chi connectivity index (χ3n) is 6.58. The number of sulfone groups is 1. The molecule has 1 saturated carbocycles. The molecule has 2 N–H and O–H groups in total. The van der Waals surface area contributed by atoms with Crippen LogP contribution in [0, 0.1) is 29.3 Å². The van der Waals surface area contributed by atoms with Crippen LogP contribution in [0.2, 0.25) is 5.02 Å². The topological polar surface area (TPSA) is 83.5 Å². The van der Waals surface area contributed by atoms with Gasteiger partial charge < -0.3 is 10.4 Å². The van der Waals surface area contributed by atoms with Crippen molar-refractivity contribution in [2.45, 2.75) is 62.2 Å². The molecule has 0 saturated heterocycles. The van der Waals surface area contributed by atoms with Gasteiger partial charge in [-0.1, -0.05) is 25.4 Å². The summed E-state index contributed by atoms with van der Waals surface area (Å²) in [4.78, 5) is 12.4. The smallest absolute Gasteiger partial charge is 0.255 e. The van der Waals surface area contributed by atoms with Crippen molar-refractivity contribution in [3.05, 3.63) is 58.4 Å². The van der Waals surface area contributed by atoms with Crippen molar-refractivity contribution in [1.82, 2.24) is 0 Å². The fourth-order valence-electron chi connectivity index (χ4n) is 4.60. The zero-order valence-corrected chi connectivity index (χ0v) is 20.6. The molecule has 2 aromatic rings. The van der Waals surface area contributed by atoms with Gasteiger partial charge in [0.15, 0.2) is 27.3 Å². The molecule has 5 nitrogen and oxygen atoms in total. The van der Waals surface area contributed by atoms with E-state index in [1.807, 2.05) is 13.8 Å². The molecule has 1 fully saturated rings. The van der Waals surface area contributed by atoms with Gasteiger partial charge in [-0.2, -0.15) is 0 Å². The summed E-state index contributed by atoms with van der Waals surface area (Å²) >= 11 is 6.24. The predicted octanol–water partition coefficient (Wildman–Crippen LogP) is 5.75. The quantitative estimate of drug-likeness (QED) is 0.458. The second kappa shape index (κ2) is 9.87. The summed E-state index contributed by atoms with van der Waals surface area (Å²) in [5.74, 6) is -5.92. The number of nitrogens with one attached hydrogen (secondary N) is 1. The summed E-state index contributed by atoms with van der Waals surface area (Å²) < 4.78 is 67.5. The maximum Gasteiger partial charge on any atom is 0.255 e. The summed E-state index contributed by atoms with van der Waals surface area (Å²) in [5.41, 5.74) is -1.43. The Labute approximate surface area is 202 Å². The first-order chi connectivity index (χ1) is 15.8. The molecular formula is C24H27ClF3NO4S. The van der Waals surface area contributed by atoms with Gasteiger partial charge in [0.2, 0.25) is 0 Å². The van der Waals surface area contributed by atoms with Crippen molar-refractivity contribution in [3.63, 3.8) is 0 Å². The molecular weight excluding hydrogens is 491 g/mol. The Morgan fingerprint density at radius 3 is 2.38 bits per heavy atom. The number of anilines is 1. The molecule has 1 aliphatic rings. The molecule has 0 bridgehead atoms. The molecule has 0 spiro atoms. The van der Waals surface area contributed by atoms with Crippen molar-refractivity contribution in [3.8, 4) is 0 Å². The minimum absolute atomic E-state index is 0.0597. The van der Waals surface area contributed by atoms with Crippen LogP contribution in [-0.2, 0) is 9.84 Å². The summed E-state index contributed by atoms with van der Waals surface area (Å²) in [7, 11) is -3.99. The molecule has 186 valence electrons. The molecule has 0 aliphatic heterocycles. The largest absolute Gasteiger partial charge is 0.390 e. The van der Waals surface area contributed by atoms with Crippen molar-refractivity contribution in [2.24, 2.45) is 11.8 Å². The lowest BCUT2D eigenvalue weighted by molar-refractivity contribution is 0.0308. The van der Waals surface area contributed by atoms with Crippen LogP contribution in [0.25, 0.3) is 0 Å². The van der Waals surface area contributed by atoms with E-state index in [1.165, 1.54) is 12.1 Å². The van der Waals surface area contributed by atoms with Gasteiger partial charge in [-0.25, -0.2) is 21.6 Å². The second-order valence-electron chi connectivity index (χ2n) is 9.23. The number of benzene rings is 2. The molecule has 3 rings (SSSR count). The standard InChI is InChI=1S/C24H27ClF3NO4S/c1-4-24(3,31)12-15-6-5-13(2)22(15)34(32,33)20-9-14(7-8-17(20)25)23(30)29-16-10-18(26)21(28)19(27)11-16/h7-11,13,15,22,31H,4-6,12H2,1-3H3,(H,29,30)/t13?,15-,22?,24-/m0/s1. The van der Waals surface area contributed by atoms with Gasteiger partial charge in [0.1, 0.15) is 0 Å². The second-order valence-corrected chi connectivity index (χ2v) is 11.7. The summed E-state index contributed by atoms with van der Waals surface area (Å²) in [6, 6.07) is 4.92. The maximum atomic E-state index is 13.7. The van der Waals surface area contributed by atoms with Crippen molar-refractivity contribution in [2.75, 3.05) is 5.32 Å². The highest BCUT2D eigenvalue weighted by atomic mass is 35.5. The molecule has 34 heavy (non-hydrogen) atoms. The summed E-state index contributed by atoms with van der Waals surface area (Å²) in [6.45, 7) is 5.35. The molecule has 1 amide bonds. The van der Waals surface area contributed by atoms with E-state index < -0.39 is 44.0 Å². The van der Waals surface area contributed by atoms with E-state index >= 15 is 0 Å². The minimum atomic E-state index is -3.99. The molecule has 0 heterocycles. The Morgan fingerprint density at radius 1 is 1.18 bits per heavy atom. The van der Waals surface area contributed by atoms with E-state index in [-0.39, 0.29) is 33.0 Å². The third kappa shape index (κ3) is 5.42. The monoisotopic (exact) mass is 517 g/mol. The first kappa shape index (κ1) is 26.5. The van der Waals surface area contributed by atoms with Crippen LogP contribution < -0.4 is 5.32 Å². The first-order valence-electron chi connectivity index (χ1n) is 11.0. The van der Waals surface area contributed by atoms with Crippen molar-refractivity contribution < 1.29 is 31.5 Å². The molecule has 0 aromatic heterocycles. The van der Waals surface area contributed by atoms with Gasteiger partial charge in [-0.3, -0.25) is 4.79 Å². The van der Waals surface area contributed by atoms with Gasteiger partial charge >= 0.3 is 0 Å². The van der Waals surface area contributed by atoms with E-state index in [0.29, 0.717) is 37.8 Å². The van der Waals surface area contributed by atoms with E-state index in [4.69, 9.17) is 11.6 Å². The van der Waals surface area contributed by atoms with E-state index in [0.717, 1.165) is 6.07 Å². The summed E-state index contributed by atoms with van der Waals surface area (Å²) in [5, 5.41) is 11.9. The molecule has 0 radical (unpaired) electrons. The Bertz CT molecular complexity index is 1180. The lowest BCUT2D eigenvalue weighted by Crippen LogP contribution is -2.36. The highest BCUT2D eigenvalue weighted by Crippen LogP contribution is 2.44. The molecule has 2 aromatic carbocycles. The van der Waals surface area contributed by atoms with Crippen LogP contribution in [0.4, 0.5) is 18.9 Å². The number of amides is 1. The molecule has 2 unspecified atom stereocenters. The maximum absolute atomic E-state index is 13.7. The summed E-state index contributed by atoms with van der Waals surface area (Å²) in [6.07, 6.45) is 2.11. The van der Waals surface area contributed by atoms with Gasteiger partial charge in [0.25, 0.3) is 5.91 Å². The number of hydrogen-bond acceptors (Lipinski definition) is 4. The zero-order chi connectivity index (χ0) is 25.4. The van der Waals surface area contributed by atoms with Crippen LogP contribution in [-0.4, -0.2) is 30.3 Å². The van der Waals surface area contributed by atoms with Crippen molar-refractivity contribution in [1.29, 1.82) is 0 Å². The lowest BCUT2D eigenvalue weighted by atomic mass is 9.88. The molecule has 10 heteroatoms. The van der Waals surface area contributed by atoms with Gasteiger partial charge in [0.05, 0.1) is 20.8 Å². The number of hydrogen-bond donors (Lipinski definition) is 2. The van der Waals surface area contributed by atoms with E-state index in [2.05, 4.69) is 5.32 Å². The van der Waals surface area contributed by atoms with Crippen LogP contribution in [0.1, 0.15) is 56.8 Å². The zero-order valence-electron chi connectivity index (χ0n) is 19.0. The van der Waals surface area contributed by atoms with Crippen LogP contribution in [0.3, 0.4) is 0 Å². The predicted molar refractivity (Wildman–Crippen MR) is 124 cm³/mol. The average molecular weight is 518 g/mol. The normalized spacial score (nSPS) is 22.4. The van der Waals surface area contributed by atoms with Crippen LogP contribution >= 0.6 is 11.6 Å². The number of aliphatic hydroxyl groups is 1. The third-order valence-corrected chi connectivity index (χ3v) is 9.54. The fraction of sp³-hybridized carbons (Fsp3) is 0.458. The van der Waals surface area contributed by atoms with E-state index in [9.17, 15) is 31.5 Å². The van der Waals surface area contributed by atoms with Gasteiger partial charge in [-0.15, -0.1) is 0 Å². The average Bonchev–Trinajstić information content (AvgIpc) is 3.12. The number of carbonyl (C=O) groups is 1. The first-order valence-corrected chi connectivity index (χ1v) is 12.9. The number of carbonyl (C=O) groups excluding carboxylic acids is 1. The Balaban J connectivity index is 1.93. The fourth-order valence-corrected chi connectivity index (χ4v) is 7.45. The lowest BCUT2D eigenvalue weighted by Gasteiger charge is -2.30. The van der Waals surface area contributed by atoms with Gasteiger partial charge in [-0.05, 0) is 62.6 Å². The van der Waals surface area contributed by atoms with Crippen molar-refractivity contribution >= 4 is 33.0 Å². The van der Waals surface area contributed by atoms with E-state index in [1.54, 1.807) is 6.92 Å².